The van der Waals surface area contributed by atoms with Gasteiger partial charge in [-0.05, 0) is 45.2 Å². The van der Waals surface area contributed by atoms with Gasteiger partial charge in [-0.2, -0.15) is 0 Å². The lowest BCUT2D eigenvalue weighted by molar-refractivity contribution is -0.147. The zero-order chi connectivity index (χ0) is 14.0. The molecule has 2 bridgehead atoms. The van der Waals surface area contributed by atoms with Crippen molar-refractivity contribution in [1.29, 1.82) is 0 Å². The molecule has 0 aliphatic heterocycles. The average molecular weight is 268 g/mol. The zero-order valence-corrected chi connectivity index (χ0v) is 11.8. The van der Waals surface area contributed by atoms with Gasteiger partial charge >= 0.3 is 5.97 Å². The van der Waals surface area contributed by atoms with Gasteiger partial charge in [0, 0.05) is 19.0 Å². The lowest BCUT2D eigenvalue weighted by Crippen LogP contribution is -2.44. The number of likely N-dealkylation sites (N-methyl/N-ethyl adjacent to an activating group) is 1. The molecule has 0 saturated heterocycles. The second-order valence-electron chi connectivity index (χ2n) is 6.24. The Morgan fingerprint density at radius 1 is 1.16 bits per heavy atom. The van der Waals surface area contributed by atoms with Gasteiger partial charge in [0.1, 0.15) is 6.54 Å². The molecule has 3 atom stereocenters. The van der Waals surface area contributed by atoms with Gasteiger partial charge in [-0.15, -0.1) is 0 Å². The van der Waals surface area contributed by atoms with Gasteiger partial charge in [0.2, 0.25) is 5.91 Å². The minimum atomic E-state index is -0.921. The number of amides is 1. The molecule has 19 heavy (non-hydrogen) atoms. The van der Waals surface area contributed by atoms with Crippen LogP contribution in [-0.2, 0) is 9.59 Å². The van der Waals surface area contributed by atoms with Crippen LogP contribution in [-0.4, -0.2) is 60.5 Å². The van der Waals surface area contributed by atoms with E-state index in [1.165, 1.54) is 17.7 Å². The lowest BCUT2D eigenvalue weighted by Gasteiger charge is -2.29. The van der Waals surface area contributed by atoms with E-state index in [9.17, 15) is 9.59 Å². The van der Waals surface area contributed by atoms with Crippen molar-refractivity contribution >= 4 is 11.9 Å². The van der Waals surface area contributed by atoms with Crippen molar-refractivity contribution < 1.29 is 14.7 Å². The molecule has 0 radical (unpaired) electrons. The smallest absolute Gasteiger partial charge is 0.323 e. The van der Waals surface area contributed by atoms with Crippen LogP contribution in [0.2, 0.25) is 0 Å². The van der Waals surface area contributed by atoms with E-state index >= 15 is 0 Å². The molecular formula is C14H24N2O3. The normalized spacial score (nSPS) is 28.9. The monoisotopic (exact) mass is 268 g/mol. The molecule has 5 nitrogen and oxygen atoms in total. The summed E-state index contributed by atoms with van der Waals surface area (Å²) >= 11 is 0. The molecule has 3 unspecified atom stereocenters. The van der Waals surface area contributed by atoms with E-state index < -0.39 is 5.97 Å². The van der Waals surface area contributed by atoms with Crippen LogP contribution in [0, 0.1) is 17.8 Å². The first-order valence-corrected chi connectivity index (χ1v) is 7.12. The number of fused-ring (bicyclic) bond motifs is 2. The summed E-state index contributed by atoms with van der Waals surface area (Å²) in [7, 11) is 3.86. The number of carboxylic acid groups (broad SMARTS) is 1. The first-order valence-electron chi connectivity index (χ1n) is 7.12. The number of carbonyl (C=O) groups excluding carboxylic acids is 1. The fraction of sp³-hybridized carbons (Fsp3) is 0.857. The highest BCUT2D eigenvalue weighted by molar-refractivity contribution is 5.83. The molecule has 5 heteroatoms. The van der Waals surface area contributed by atoms with Crippen LogP contribution >= 0.6 is 0 Å². The van der Waals surface area contributed by atoms with E-state index in [2.05, 4.69) is 0 Å². The fourth-order valence-electron chi connectivity index (χ4n) is 3.53. The van der Waals surface area contributed by atoms with Crippen molar-refractivity contribution in [1.82, 2.24) is 9.80 Å². The zero-order valence-electron chi connectivity index (χ0n) is 11.8. The summed E-state index contributed by atoms with van der Waals surface area (Å²) in [5.41, 5.74) is 0. The second-order valence-corrected chi connectivity index (χ2v) is 6.24. The minimum Gasteiger partial charge on any atom is -0.480 e. The largest absolute Gasteiger partial charge is 0.480 e. The quantitative estimate of drug-likeness (QED) is 0.777. The highest BCUT2D eigenvalue weighted by Gasteiger charge is 2.44. The number of aliphatic carboxylic acids is 1. The molecule has 0 aromatic carbocycles. The predicted molar refractivity (Wildman–Crippen MR) is 71.7 cm³/mol. The molecule has 2 fully saturated rings. The summed E-state index contributed by atoms with van der Waals surface area (Å²) in [4.78, 5) is 27.0. The first kappa shape index (κ1) is 14.3. The maximum absolute atomic E-state index is 12.5. The van der Waals surface area contributed by atoms with E-state index in [0.717, 1.165) is 12.8 Å². The van der Waals surface area contributed by atoms with Gasteiger partial charge in [-0.3, -0.25) is 9.59 Å². The van der Waals surface area contributed by atoms with Crippen LogP contribution in [0.1, 0.15) is 25.7 Å². The predicted octanol–water partition coefficient (Wildman–Crippen LogP) is 0.897. The molecular weight excluding hydrogens is 244 g/mol. The summed E-state index contributed by atoms with van der Waals surface area (Å²) in [6, 6.07) is 0. The van der Waals surface area contributed by atoms with E-state index in [-0.39, 0.29) is 18.4 Å². The van der Waals surface area contributed by atoms with Gasteiger partial charge in [0.05, 0.1) is 0 Å². The molecule has 2 aliphatic rings. The van der Waals surface area contributed by atoms with E-state index in [0.29, 0.717) is 24.9 Å². The summed E-state index contributed by atoms with van der Waals surface area (Å²) in [5, 5.41) is 8.97. The van der Waals surface area contributed by atoms with Gasteiger partial charge in [0.15, 0.2) is 0 Å². The van der Waals surface area contributed by atoms with E-state index in [1.54, 1.807) is 0 Å². The molecule has 0 heterocycles. The van der Waals surface area contributed by atoms with Crippen molar-refractivity contribution in [2.24, 2.45) is 17.8 Å². The van der Waals surface area contributed by atoms with Crippen LogP contribution in [0.5, 0.6) is 0 Å². The van der Waals surface area contributed by atoms with Crippen molar-refractivity contribution in [3.63, 3.8) is 0 Å². The number of hydrogen-bond acceptors (Lipinski definition) is 3. The summed E-state index contributed by atoms with van der Waals surface area (Å²) < 4.78 is 0. The number of carbonyl (C=O) groups is 2. The number of nitrogens with zero attached hydrogens (tertiary/aromatic N) is 2. The number of carboxylic acids is 1. The highest BCUT2D eigenvalue weighted by Crippen LogP contribution is 2.48. The third kappa shape index (κ3) is 3.47. The molecule has 108 valence electrons. The second kappa shape index (κ2) is 5.90. The van der Waals surface area contributed by atoms with Gasteiger partial charge in [0.25, 0.3) is 0 Å². The molecule has 1 amide bonds. The van der Waals surface area contributed by atoms with E-state index in [1.807, 2.05) is 19.0 Å². The third-order valence-corrected chi connectivity index (χ3v) is 4.51. The van der Waals surface area contributed by atoms with Crippen molar-refractivity contribution in [3.05, 3.63) is 0 Å². The standard InChI is InChI=1S/C14H24N2O3/c1-15(2)5-6-16(9-13(17)18)14(19)12-8-10-3-4-11(12)7-10/h10-12H,3-9H2,1-2H3,(H,17,18). The van der Waals surface area contributed by atoms with Crippen LogP contribution < -0.4 is 0 Å². The Morgan fingerprint density at radius 2 is 1.89 bits per heavy atom. The molecule has 2 saturated carbocycles. The molecule has 1 N–H and O–H groups in total. The summed E-state index contributed by atoms with van der Waals surface area (Å²) in [6.45, 7) is 1.05. The Balaban J connectivity index is 1.96. The minimum absolute atomic E-state index is 0.0662. The fourth-order valence-corrected chi connectivity index (χ4v) is 3.53. The topological polar surface area (TPSA) is 60.9 Å². The van der Waals surface area contributed by atoms with Gasteiger partial charge in [-0.25, -0.2) is 0 Å². The third-order valence-electron chi connectivity index (χ3n) is 4.51. The molecule has 0 aromatic rings. The van der Waals surface area contributed by atoms with Crippen molar-refractivity contribution in [3.8, 4) is 0 Å². The molecule has 2 rings (SSSR count). The molecule has 0 aromatic heterocycles. The maximum Gasteiger partial charge on any atom is 0.323 e. The highest BCUT2D eigenvalue weighted by atomic mass is 16.4. The average Bonchev–Trinajstić information content (AvgIpc) is 2.95. The maximum atomic E-state index is 12.5. The molecule has 0 spiro atoms. The Bertz CT molecular complexity index is 357. The Morgan fingerprint density at radius 3 is 2.37 bits per heavy atom. The van der Waals surface area contributed by atoms with Crippen LogP contribution in [0.15, 0.2) is 0 Å². The van der Waals surface area contributed by atoms with Crippen LogP contribution in [0.4, 0.5) is 0 Å². The van der Waals surface area contributed by atoms with Crippen molar-refractivity contribution in [2.45, 2.75) is 25.7 Å². The Hall–Kier alpha value is -1.10. The SMILES string of the molecule is CN(C)CCN(CC(=O)O)C(=O)C1CC2CCC1C2. The van der Waals surface area contributed by atoms with Gasteiger partial charge in [-0.1, -0.05) is 6.42 Å². The molecule has 2 aliphatic carbocycles. The van der Waals surface area contributed by atoms with Gasteiger partial charge < -0.3 is 14.9 Å². The summed E-state index contributed by atoms with van der Waals surface area (Å²) in [5.74, 6) is 0.444. The lowest BCUT2D eigenvalue weighted by atomic mass is 9.87. The number of rotatable bonds is 6. The first-order chi connectivity index (χ1) is 8.97. The van der Waals surface area contributed by atoms with Crippen molar-refractivity contribution in [2.75, 3.05) is 33.7 Å². The Kier molecular flexibility index (Phi) is 4.45. The van der Waals surface area contributed by atoms with Crippen LogP contribution in [0.25, 0.3) is 0 Å². The number of hydrogen-bond donors (Lipinski definition) is 1. The summed E-state index contributed by atoms with van der Waals surface area (Å²) in [6.07, 6.45) is 4.55. The van der Waals surface area contributed by atoms with Crippen LogP contribution in [0.3, 0.4) is 0 Å². The Labute approximate surface area is 114 Å². The van der Waals surface area contributed by atoms with E-state index in [4.69, 9.17) is 5.11 Å².